The van der Waals surface area contributed by atoms with Gasteiger partial charge in [0.25, 0.3) is 0 Å². The summed E-state index contributed by atoms with van der Waals surface area (Å²) in [5.74, 6) is 2.88. The maximum absolute atomic E-state index is 13.7. The molecule has 0 spiro atoms. The predicted molar refractivity (Wildman–Crippen MR) is 264 cm³/mol. The van der Waals surface area contributed by atoms with Crippen molar-refractivity contribution in [2.45, 2.75) is 132 Å². The van der Waals surface area contributed by atoms with Gasteiger partial charge in [-0.15, -0.1) is 0 Å². The average Bonchev–Trinajstić information content (AvgIpc) is 3.25. The number of ether oxygens (including phenoxy) is 2. The first-order valence-electron chi connectivity index (χ1n) is 24.4. The molecule has 356 valence electrons. The third-order valence-corrected chi connectivity index (χ3v) is 18.3. The first-order chi connectivity index (χ1) is 31.2. The van der Waals surface area contributed by atoms with Gasteiger partial charge in [0.05, 0.1) is 28.8 Å². The van der Waals surface area contributed by atoms with Gasteiger partial charge in [-0.25, -0.2) is 9.59 Å². The van der Waals surface area contributed by atoms with Gasteiger partial charge < -0.3 is 25.2 Å². The molecule has 4 fully saturated rings. The molecular formula is C54H70Br2N3O7+. The van der Waals surface area contributed by atoms with Crippen LogP contribution in [0.5, 0.6) is 5.75 Å². The van der Waals surface area contributed by atoms with Gasteiger partial charge in [0.2, 0.25) is 5.78 Å². The molecular weight excluding hydrogens is 962 g/mol. The Hall–Kier alpha value is -3.74. The summed E-state index contributed by atoms with van der Waals surface area (Å²) in [6, 6.07) is 13.5. The van der Waals surface area contributed by atoms with Crippen molar-refractivity contribution in [1.29, 1.82) is 0 Å². The van der Waals surface area contributed by atoms with Gasteiger partial charge in [-0.1, -0.05) is 95.1 Å². The molecule has 3 aromatic carbocycles. The Morgan fingerprint density at radius 2 is 1.58 bits per heavy atom. The highest BCUT2D eigenvalue weighted by molar-refractivity contribution is 9.11. The Labute approximate surface area is 408 Å². The number of quaternary nitrogens is 1. The fraction of sp³-hybridized carbons (Fsp3) is 0.593. The number of carbonyl (C=O) groups is 4. The van der Waals surface area contributed by atoms with Gasteiger partial charge in [0.1, 0.15) is 17.1 Å². The second-order valence-corrected chi connectivity index (χ2v) is 24.5. The molecule has 3 aromatic rings. The number of ketones is 2. The Kier molecular flexibility index (Phi) is 14.0. The van der Waals surface area contributed by atoms with E-state index in [0.717, 1.165) is 63.1 Å². The van der Waals surface area contributed by atoms with E-state index in [9.17, 15) is 24.3 Å². The summed E-state index contributed by atoms with van der Waals surface area (Å²) in [5, 5.41) is 18.8. The number of amides is 2. The van der Waals surface area contributed by atoms with E-state index >= 15 is 0 Å². The molecule has 5 N–H and O–H groups in total. The van der Waals surface area contributed by atoms with Crippen LogP contribution in [-0.4, -0.2) is 54.7 Å². The number of nitrogens with two attached hydrogens (primary N) is 1. The van der Waals surface area contributed by atoms with Gasteiger partial charge in [-0.3, -0.25) is 14.9 Å². The van der Waals surface area contributed by atoms with Crippen LogP contribution in [0.15, 0.2) is 57.5 Å². The van der Waals surface area contributed by atoms with Crippen molar-refractivity contribution in [3.63, 3.8) is 0 Å². The lowest BCUT2D eigenvalue weighted by molar-refractivity contribution is -0.479. The number of fused-ring (bicyclic) bond motifs is 5. The summed E-state index contributed by atoms with van der Waals surface area (Å²) in [6.45, 7) is 17.4. The van der Waals surface area contributed by atoms with E-state index in [-0.39, 0.29) is 69.0 Å². The number of phenolic OH excluding ortho intramolecular Hbond substituents is 1. The quantitative estimate of drug-likeness (QED) is 0.0864. The van der Waals surface area contributed by atoms with Gasteiger partial charge in [-0.2, -0.15) is 0 Å². The van der Waals surface area contributed by atoms with Crippen molar-refractivity contribution in [1.82, 2.24) is 10.6 Å². The van der Waals surface area contributed by atoms with Crippen molar-refractivity contribution >= 4 is 67.0 Å². The molecule has 5 aliphatic rings. The number of benzene rings is 3. The molecule has 0 saturated heterocycles. The van der Waals surface area contributed by atoms with E-state index in [2.05, 4.69) is 91.0 Å². The van der Waals surface area contributed by atoms with Crippen LogP contribution in [0.25, 0.3) is 0 Å². The van der Waals surface area contributed by atoms with Crippen LogP contribution in [-0.2, 0) is 15.9 Å². The van der Waals surface area contributed by atoms with Gasteiger partial charge >= 0.3 is 12.2 Å². The Balaban J connectivity index is 0.835. The monoisotopic (exact) mass is 1030 g/mol. The Morgan fingerprint density at radius 3 is 2.30 bits per heavy atom. The molecule has 4 saturated carbocycles. The zero-order valence-electron chi connectivity index (χ0n) is 39.9. The van der Waals surface area contributed by atoms with Gasteiger partial charge in [0.15, 0.2) is 5.78 Å². The second kappa shape index (κ2) is 19.0. The molecule has 5 aliphatic carbocycles. The normalized spacial score (nSPS) is 30.1. The van der Waals surface area contributed by atoms with E-state index in [1.54, 1.807) is 30.3 Å². The number of aromatic hydroxyl groups is 1. The van der Waals surface area contributed by atoms with Crippen LogP contribution >= 0.6 is 31.9 Å². The Bertz CT molecular complexity index is 2380. The average molecular weight is 1030 g/mol. The lowest BCUT2D eigenvalue weighted by Crippen LogP contribution is -2.72. The predicted octanol–water partition coefficient (Wildman–Crippen LogP) is 12.1. The fourth-order valence-electron chi connectivity index (χ4n) is 14.1. The van der Waals surface area contributed by atoms with E-state index in [4.69, 9.17) is 9.47 Å². The van der Waals surface area contributed by atoms with Crippen LogP contribution in [0.4, 0.5) is 21.0 Å². The first kappa shape index (κ1) is 48.7. The molecule has 0 aromatic heterocycles. The zero-order valence-corrected chi connectivity index (χ0v) is 43.1. The molecule has 0 heterocycles. The second-order valence-electron chi connectivity index (χ2n) is 22.8. The summed E-state index contributed by atoms with van der Waals surface area (Å²) < 4.78 is 13.5. The minimum absolute atomic E-state index is 0.00288. The van der Waals surface area contributed by atoms with Crippen LogP contribution in [0, 0.1) is 51.2 Å². The summed E-state index contributed by atoms with van der Waals surface area (Å²) in [6.07, 6.45) is 12.2. The molecule has 8 unspecified atom stereocenters. The fourth-order valence-corrected chi connectivity index (χ4v) is 15.4. The number of carbonyl (C=O) groups excluding carboxylic acids is 4. The van der Waals surface area contributed by atoms with Gasteiger partial charge in [0, 0.05) is 52.2 Å². The summed E-state index contributed by atoms with van der Waals surface area (Å²) >= 11 is 7.31. The molecule has 0 radical (unpaired) electrons. The number of halogens is 2. The van der Waals surface area contributed by atoms with Crippen molar-refractivity contribution in [2.24, 2.45) is 51.2 Å². The SMILES string of the molecule is CC(C)C1CCC2C(CCC3C(C)(COC(=O)NCC4(C)CC(NC(=O)OCCc5cc([NH2+]c6ccc(O)c7c6C(=O)c6ccccc6C7=O)c(Br)cc5Br)CC(C)(C)C4)CCCC23C)C1. The number of hydrogen-bond acceptors (Lipinski definition) is 7. The number of rotatable bonds is 11. The van der Waals surface area contributed by atoms with E-state index in [0.29, 0.717) is 48.6 Å². The van der Waals surface area contributed by atoms with E-state index < -0.39 is 6.09 Å². The molecule has 0 bridgehead atoms. The Morgan fingerprint density at radius 1 is 0.848 bits per heavy atom. The number of alkyl carbamates (subject to hydrolysis) is 2. The van der Waals surface area contributed by atoms with Crippen LogP contribution in [0.1, 0.15) is 157 Å². The largest absolute Gasteiger partial charge is 0.507 e. The number of hydrogen-bond donors (Lipinski definition) is 4. The topological polar surface area (TPSA) is 148 Å². The minimum Gasteiger partial charge on any atom is -0.507 e. The van der Waals surface area contributed by atoms with Crippen molar-refractivity contribution in [3.05, 3.63) is 85.3 Å². The molecule has 8 rings (SSSR count). The highest BCUT2D eigenvalue weighted by Gasteiger charge is 2.57. The third kappa shape index (κ3) is 9.89. The third-order valence-electron chi connectivity index (χ3n) is 16.9. The number of nitrogens with one attached hydrogen (secondary N) is 2. The maximum atomic E-state index is 13.7. The molecule has 12 heteroatoms. The van der Waals surface area contributed by atoms with Crippen molar-refractivity contribution < 1.29 is 39.1 Å². The highest BCUT2D eigenvalue weighted by Crippen LogP contribution is 2.64. The standard InChI is InChI=1S/C54H69Br2N3O7/c1-31(2)32-13-15-38-33(23-32)14-18-44-53(6,20-10-21-54(38,44)7)30-66-49(63)57-29-52(5)27-35(26-51(3,4)28-52)58-50(64)65-22-19-34-24-42(40(56)25-39(34)55)59-41-16-17-43(60)46-45(41)47(61)36-11-8-9-12-37(36)48(46)62/h8-9,11-12,16-17,24-25,31-33,35,38,44,59-60H,10,13-15,18-23,26-30H2,1-7H3,(H,57,63)(H,58,64)/p+1. The summed E-state index contributed by atoms with van der Waals surface area (Å²) in [7, 11) is 0. The minimum atomic E-state index is -0.485. The van der Waals surface area contributed by atoms with Crippen molar-refractivity contribution in [2.75, 3.05) is 19.8 Å². The lowest BCUT2D eigenvalue weighted by Gasteiger charge is -2.61. The molecule has 8 atom stereocenters. The molecule has 0 aliphatic heterocycles. The summed E-state index contributed by atoms with van der Waals surface area (Å²) in [5.41, 5.74) is 2.86. The molecule has 10 nitrogen and oxygen atoms in total. The highest BCUT2D eigenvalue weighted by atomic mass is 79.9. The van der Waals surface area contributed by atoms with Crippen LogP contribution in [0.3, 0.4) is 0 Å². The summed E-state index contributed by atoms with van der Waals surface area (Å²) in [4.78, 5) is 53.9. The first-order valence-corrected chi connectivity index (χ1v) is 26.0. The molecule has 2 amide bonds. The van der Waals surface area contributed by atoms with Crippen LogP contribution in [0.2, 0.25) is 0 Å². The zero-order chi connectivity index (χ0) is 47.3. The van der Waals surface area contributed by atoms with Crippen molar-refractivity contribution in [3.8, 4) is 5.75 Å². The number of phenols is 1. The van der Waals surface area contributed by atoms with E-state index in [1.165, 1.54) is 51.0 Å². The molecule has 66 heavy (non-hydrogen) atoms. The van der Waals surface area contributed by atoms with Gasteiger partial charge in [-0.05, 0) is 144 Å². The van der Waals surface area contributed by atoms with E-state index in [1.807, 2.05) is 17.4 Å². The maximum Gasteiger partial charge on any atom is 0.407 e. The van der Waals surface area contributed by atoms with Crippen LogP contribution < -0.4 is 16.0 Å². The lowest BCUT2D eigenvalue weighted by atomic mass is 9.44. The smallest absolute Gasteiger partial charge is 0.407 e.